The first-order valence-electron chi connectivity index (χ1n) is 10.3. The second-order valence-electron chi connectivity index (χ2n) is 8.55. The van der Waals surface area contributed by atoms with E-state index in [1.54, 1.807) is 18.2 Å². The first kappa shape index (κ1) is 17.5. The van der Waals surface area contributed by atoms with Gasteiger partial charge in [0.15, 0.2) is 0 Å². The van der Waals surface area contributed by atoms with Crippen LogP contribution in [0.4, 0.5) is 4.39 Å². The van der Waals surface area contributed by atoms with E-state index in [9.17, 15) is 4.39 Å². The lowest BCUT2D eigenvalue weighted by Gasteiger charge is -2.42. The molecule has 4 rings (SSSR count). The lowest BCUT2D eigenvalue weighted by molar-refractivity contribution is 0.114. The van der Waals surface area contributed by atoms with E-state index in [1.807, 2.05) is 6.07 Å². The monoisotopic (exact) mass is 349 g/mol. The molecule has 0 radical (unpaired) electrons. The molecular formula is C24H28FN. The van der Waals surface area contributed by atoms with Crippen LogP contribution in [0.2, 0.25) is 0 Å². The van der Waals surface area contributed by atoms with Crippen molar-refractivity contribution in [2.45, 2.75) is 64.2 Å². The second kappa shape index (κ2) is 7.39. The lowest BCUT2D eigenvalue weighted by Crippen LogP contribution is -2.30. The fourth-order valence-corrected chi connectivity index (χ4v) is 5.60. The molecule has 2 fully saturated rings. The zero-order valence-corrected chi connectivity index (χ0v) is 15.7. The fourth-order valence-electron chi connectivity index (χ4n) is 5.60. The van der Waals surface area contributed by atoms with Crippen LogP contribution in [0.3, 0.4) is 0 Å². The molecule has 0 saturated heterocycles. The highest BCUT2D eigenvalue weighted by atomic mass is 19.1. The molecule has 0 N–H and O–H groups in total. The Bertz CT molecular complexity index is 834. The van der Waals surface area contributed by atoms with Crippen LogP contribution in [-0.2, 0) is 0 Å². The molecule has 2 aromatic rings. The minimum atomic E-state index is -0.177. The molecule has 1 nitrogen and oxygen atoms in total. The maximum absolute atomic E-state index is 14.7. The predicted molar refractivity (Wildman–Crippen MR) is 104 cm³/mol. The Morgan fingerprint density at radius 1 is 1.04 bits per heavy atom. The van der Waals surface area contributed by atoms with Crippen molar-refractivity contribution in [3.63, 3.8) is 0 Å². The largest absolute Gasteiger partial charge is 0.206 e. The van der Waals surface area contributed by atoms with E-state index in [2.05, 4.69) is 19.1 Å². The van der Waals surface area contributed by atoms with E-state index in [0.717, 1.165) is 28.7 Å². The van der Waals surface area contributed by atoms with Crippen molar-refractivity contribution in [1.82, 2.24) is 0 Å². The smallest absolute Gasteiger partial charge is 0.131 e. The fraction of sp³-hybridized carbons (Fsp3) is 0.542. The van der Waals surface area contributed by atoms with E-state index in [4.69, 9.17) is 5.26 Å². The summed E-state index contributed by atoms with van der Waals surface area (Å²) >= 11 is 0. The van der Waals surface area contributed by atoms with Crippen LogP contribution in [0.15, 0.2) is 30.3 Å². The summed E-state index contributed by atoms with van der Waals surface area (Å²) in [4.78, 5) is 0. The van der Waals surface area contributed by atoms with Gasteiger partial charge in [-0.2, -0.15) is 5.26 Å². The highest BCUT2D eigenvalue weighted by Gasteiger charge is 2.35. The van der Waals surface area contributed by atoms with E-state index >= 15 is 0 Å². The summed E-state index contributed by atoms with van der Waals surface area (Å²) < 4.78 is 14.7. The molecule has 2 heteroatoms. The molecule has 2 aromatic carbocycles. The zero-order valence-electron chi connectivity index (χ0n) is 15.7. The Morgan fingerprint density at radius 3 is 2.65 bits per heavy atom. The van der Waals surface area contributed by atoms with Gasteiger partial charge in [0.05, 0.1) is 11.6 Å². The summed E-state index contributed by atoms with van der Waals surface area (Å²) in [5.41, 5.74) is 1.68. The summed E-state index contributed by atoms with van der Waals surface area (Å²) in [6.45, 7) is 2.30. The number of hydrogen-bond donors (Lipinski definition) is 0. The molecule has 4 unspecified atom stereocenters. The van der Waals surface area contributed by atoms with E-state index in [0.29, 0.717) is 16.9 Å². The Morgan fingerprint density at radius 2 is 1.85 bits per heavy atom. The van der Waals surface area contributed by atoms with Gasteiger partial charge in [-0.3, -0.25) is 0 Å². The zero-order chi connectivity index (χ0) is 18.1. The van der Waals surface area contributed by atoms with Crippen LogP contribution in [0, 0.1) is 34.9 Å². The SMILES string of the molecule is CCCC1CCC2CC(c3cc(F)c4cc(C#N)ccc4c3)CCC2C1. The summed E-state index contributed by atoms with van der Waals surface area (Å²) in [5, 5.41) is 10.5. The molecule has 26 heavy (non-hydrogen) atoms. The Balaban J connectivity index is 1.53. The maximum atomic E-state index is 14.7. The molecule has 0 aliphatic heterocycles. The van der Waals surface area contributed by atoms with Crippen LogP contribution in [0.25, 0.3) is 10.8 Å². The Kier molecular flexibility index (Phi) is 4.98. The molecule has 0 spiro atoms. The van der Waals surface area contributed by atoms with Gasteiger partial charge in [-0.25, -0.2) is 4.39 Å². The highest BCUT2D eigenvalue weighted by molar-refractivity contribution is 5.85. The second-order valence-corrected chi connectivity index (χ2v) is 8.55. The number of nitrogens with zero attached hydrogens (tertiary/aromatic N) is 1. The summed E-state index contributed by atoms with van der Waals surface area (Å²) in [7, 11) is 0. The van der Waals surface area contributed by atoms with Gasteiger partial charge in [0.2, 0.25) is 0 Å². The standard InChI is InChI=1S/C24H28FN/c1-2-3-16-4-6-19-12-20(9-8-18(19)10-16)22-13-21-7-5-17(15-26)11-23(21)24(25)14-22/h5,7,11,13-14,16,18-20H,2-4,6,8-10,12H2,1H3. The number of fused-ring (bicyclic) bond motifs is 2. The lowest BCUT2D eigenvalue weighted by atomic mass is 9.63. The van der Waals surface area contributed by atoms with Gasteiger partial charge in [0.1, 0.15) is 5.82 Å². The summed E-state index contributed by atoms with van der Waals surface area (Å²) in [6.07, 6.45) is 10.6. The van der Waals surface area contributed by atoms with Gasteiger partial charge in [-0.1, -0.05) is 38.3 Å². The molecule has 2 saturated carbocycles. The quantitative estimate of drug-likeness (QED) is 0.588. The summed E-state index contributed by atoms with van der Waals surface area (Å²) in [6, 6.07) is 11.3. The van der Waals surface area contributed by atoms with Crippen LogP contribution in [0.1, 0.15) is 75.3 Å². The van der Waals surface area contributed by atoms with Crippen molar-refractivity contribution in [3.8, 4) is 6.07 Å². The molecule has 2 aliphatic carbocycles. The number of halogens is 1. The Hall–Kier alpha value is -1.88. The molecule has 0 aromatic heterocycles. The molecule has 136 valence electrons. The number of nitriles is 1. The van der Waals surface area contributed by atoms with Crippen LogP contribution in [-0.4, -0.2) is 0 Å². The van der Waals surface area contributed by atoms with Crippen molar-refractivity contribution >= 4 is 10.8 Å². The molecule has 4 atom stereocenters. The molecule has 2 aliphatic rings. The van der Waals surface area contributed by atoms with Crippen LogP contribution >= 0.6 is 0 Å². The third-order valence-corrected chi connectivity index (χ3v) is 6.95. The van der Waals surface area contributed by atoms with Crippen molar-refractivity contribution < 1.29 is 4.39 Å². The van der Waals surface area contributed by atoms with Gasteiger partial charge < -0.3 is 0 Å². The summed E-state index contributed by atoms with van der Waals surface area (Å²) in [5.74, 6) is 3.00. The van der Waals surface area contributed by atoms with Crippen molar-refractivity contribution in [1.29, 1.82) is 5.26 Å². The van der Waals surface area contributed by atoms with Gasteiger partial charge in [0.25, 0.3) is 0 Å². The van der Waals surface area contributed by atoms with Crippen molar-refractivity contribution in [3.05, 3.63) is 47.3 Å². The average Bonchev–Trinajstić information content (AvgIpc) is 2.67. The highest BCUT2D eigenvalue weighted by Crippen LogP contribution is 2.48. The first-order valence-corrected chi connectivity index (χ1v) is 10.3. The van der Waals surface area contributed by atoms with Crippen molar-refractivity contribution in [2.75, 3.05) is 0 Å². The van der Waals surface area contributed by atoms with E-state index in [1.165, 1.54) is 51.4 Å². The van der Waals surface area contributed by atoms with E-state index in [-0.39, 0.29) is 5.82 Å². The van der Waals surface area contributed by atoms with Crippen molar-refractivity contribution in [2.24, 2.45) is 17.8 Å². The Labute approximate surface area is 156 Å². The third-order valence-electron chi connectivity index (χ3n) is 6.95. The van der Waals surface area contributed by atoms with E-state index < -0.39 is 0 Å². The topological polar surface area (TPSA) is 23.8 Å². The van der Waals surface area contributed by atoms with Gasteiger partial charge in [-0.15, -0.1) is 0 Å². The maximum Gasteiger partial charge on any atom is 0.131 e. The van der Waals surface area contributed by atoms with Gasteiger partial charge in [-0.05, 0) is 84.9 Å². The number of hydrogen-bond acceptors (Lipinski definition) is 1. The predicted octanol–water partition coefficient (Wildman–Crippen LogP) is 6.95. The van der Waals surface area contributed by atoms with Crippen LogP contribution < -0.4 is 0 Å². The average molecular weight is 349 g/mol. The number of rotatable bonds is 3. The first-order chi connectivity index (χ1) is 12.7. The van der Waals surface area contributed by atoms with Gasteiger partial charge in [0, 0.05) is 5.39 Å². The van der Waals surface area contributed by atoms with Gasteiger partial charge >= 0.3 is 0 Å². The molecule has 0 heterocycles. The molecule has 0 amide bonds. The minimum absolute atomic E-state index is 0.177. The molecular weight excluding hydrogens is 321 g/mol. The minimum Gasteiger partial charge on any atom is -0.206 e. The normalized spacial score (nSPS) is 28.5. The molecule has 0 bridgehead atoms. The number of benzene rings is 2. The van der Waals surface area contributed by atoms with Crippen LogP contribution in [0.5, 0.6) is 0 Å². The third kappa shape index (κ3) is 3.37.